The topological polar surface area (TPSA) is 40.8 Å². The number of rotatable bonds is 4. The molecule has 3 rings (SSSR count). The quantitative estimate of drug-likeness (QED) is 0.804. The monoisotopic (exact) mass is 295 g/mol. The van der Waals surface area contributed by atoms with Crippen molar-refractivity contribution in [3.8, 4) is 11.3 Å². The largest absolute Gasteiger partial charge is 0.389 e. The molecule has 0 saturated heterocycles. The van der Waals surface area contributed by atoms with E-state index in [0.717, 1.165) is 28.9 Å². The van der Waals surface area contributed by atoms with Gasteiger partial charge in [0.25, 0.3) is 0 Å². The first-order valence-electron chi connectivity index (χ1n) is 7.45. The number of nitrogens with zero attached hydrogens (tertiary/aromatic N) is 3. The molecule has 0 spiro atoms. The normalized spacial score (nSPS) is 13.0. The highest BCUT2D eigenvalue weighted by atomic mass is 16.3. The third-order valence-electron chi connectivity index (χ3n) is 3.72. The van der Waals surface area contributed by atoms with E-state index in [2.05, 4.69) is 48.4 Å². The Balaban J connectivity index is 2.18. The number of benzene rings is 1. The van der Waals surface area contributed by atoms with Crippen LogP contribution in [0.2, 0.25) is 0 Å². The van der Waals surface area contributed by atoms with E-state index in [4.69, 9.17) is 0 Å². The molecule has 1 atom stereocenters. The molecule has 0 saturated carbocycles. The molecule has 2 heterocycles. The fraction of sp³-hybridized carbons (Fsp3) is 0.278. The van der Waals surface area contributed by atoms with Gasteiger partial charge in [-0.1, -0.05) is 18.2 Å². The van der Waals surface area contributed by atoms with Crippen LogP contribution in [0, 0.1) is 0 Å². The first-order valence-corrected chi connectivity index (χ1v) is 7.45. The lowest BCUT2D eigenvalue weighted by molar-refractivity contribution is 0.200. The van der Waals surface area contributed by atoms with E-state index in [-0.39, 0.29) is 0 Å². The van der Waals surface area contributed by atoms with Crippen LogP contribution in [0.4, 0.5) is 0 Å². The van der Waals surface area contributed by atoms with Crippen molar-refractivity contribution in [2.45, 2.75) is 19.6 Å². The first kappa shape index (κ1) is 14.8. The standard InChI is InChI=1S/C18H21N3O/c1-13(22)17-11-16-8-5-9-19-21(16)18(17)15-7-4-6-14(10-15)12-20(2)3/h4-11,13,22H,12H2,1-3H3. The molecule has 0 fully saturated rings. The molecule has 4 heteroatoms. The average molecular weight is 295 g/mol. The van der Waals surface area contributed by atoms with Gasteiger partial charge in [0.15, 0.2) is 0 Å². The van der Waals surface area contributed by atoms with Crippen molar-refractivity contribution in [3.63, 3.8) is 0 Å². The lowest BCUT2D eigenvalue weighted by Gasteiger charge is -2.12. The Morgan fingerprint density at radius 3 is 2.73 bits per heavy atom. The van der Waals surface area contributed by atoms with Gasteiger partial charge < -0.3 is 10.0 Å². The van der Waals surface area contributed by atoms with E-state index >= 15 is 0 Å². The number of fused-ring (bicyclic) bond motifs is 1. The summed E-state index contributed by atoms with van der Waals surface area (Å²) in [6.45, 7) is 2.68. The van der Waals surface area contributed by atoms with Crippen molar-refractivity contribution in [2.75, 3.05) is 14.1 Å². The Morgan fingerprint density at radius 1 is 1.18 bits per heavy atom. The van der Waals surface area contributed by atoms with Crippen molar-refractivity contribution < 1.29 is 5.11 Å². The van der Waals surface area contributed by atoms with Crippen LogP contribution >= 0.6 is 0 Å². The van der Waals surface area contributed by atoms with Gasteiger partial charge in [-0.2, -0.15) is 5.10 Å². The Morgan fingerprint density at radius 2 is 2.00 bits per heavy atom. The maximum atomic E-state index is 10.1. The number of hydrogen-bond donors (Lipinski definition) is 1. The van der Waals surface area contributed by atoms with Crippen LogP contribution in [-0.4, -0.2) is 33.7 Å². The molecule has 0 aliphatic heterocycles. The van der Waals surface area contributed by atoms with Crippen LogP contribution in [-0.2, 0) is 6.54 Å². The molecule has 1 unspecified atom stereocenters. The van der Waals surface area contributed by atoms with Crippen LogP contribution in [0.25, 0.3) is 16.8 Å². The maximum Gasteiger partial charge on any atom is 0.0783 e. The lowest BCUT2D eigenvalue weighted by Crippen LogP contribution is -2.10. The molecule has 0 amide bonds. The van der Waals surface area contributed by atoms with Gasteiger partial charge in [0.1, 0.15) is 0 Å². The zero-order valence-electron chi connectivity index (χ0n) is 13.2. The van der Waals surface area contributed by atoms with E-state index in [1.54, 1.807) is 13.1 Å². The summed E-state index contributed by atoms with van der Waals surface area (Å²) in [6, 6.07) is 14.3. The van der Waals surface area contributed by atoms with Gasteiger partial charge >= 0.3 is 0 Å². The van der Waals surface area contributed by atoms with Gasteiger partial charge in [0.05, 0.1) is 17.3 Å². The van der Waals surface area contributed by atoms with Crippen molar-refractivity contribution in [2.24, 2.45) is 0 Å². The molecule has 0 aliphatic rings. The van der Waals surface area contributed by atoms with Crippen molar-refractivity contribution in [3.05, 3.63) is 59.8 Å². The SMILES string of the molecule is CC(O)c1cc2cccnn2c1-c1cccc(CN(C)C)c1. The molecule has 0 bridgehead atoms. The molecule has 22 heavy (non-hydrogen) atoms. The Hall–Kier alpha value is -2.17. The van der Waals surface area contributed by atoms with Crippen molar-refractivity contribution >= 4 is 5.52 Å². The predicted octanol–water partition coefficient (Wildman–Crippen LogP) is 3.12. The van der Waals surface area contributed by atoms with Gasteiger partial charge in [0, 0.05) is 23.9 Å². The summed E-state index contributed by atoms with van der Waals surface area (Å²) >= 11 is 0. The summed E-state index contributed by atoms with van der Waals surface area (Å²) in [5.41, 5.74) is 5.18. The molecular weight excluding hydrogens is 274 g/mol. The highest BCUT2D eigenvalue weighted by Crippen LogP contribution is 2.31. The molecule has 0 radical (unpaired) electrons. The van der Waals surface area contributed by atoms with Crippen molar-refractivity contribution in [1.82, 2.24) is 14.5 Å². The molecular formula is C18H21N3O. The first-order chi connectivity index (χ1) is 10.6. The number of hydrogen-bond acceptors (Lipinski definition) is 3. The van der Waals surface area contributed by atoms with Gasteiger partial charge in [0.2, 0.25) is 0 Å². The minimum atomic E-state index is -0.533. The summed E-state index contributed by atoms with van der Waals surface area (Å²) in [7, 11) is 4.12. The second kappa shape index (κ2) is 5.91. The Labute approximate surface area is 130 Å². The Bertz CT molecular complexity index is 790. The molecule has 114 valence electrons. The fourth-order valence-corrected chi connectivity index (χ4v) is 2.82. The van der Waals surface area contributed by atoms with Crippen LogP contribution in [0.5, 0.6) is 0 Å². The summed E-state index contributed by atoms with van der Waals surface area (Å²) in [6.07, 6.45) is 1.24. The zero-order valence-corrected chi connectivity index (χ0v) is 13.2. The van der Waals surface area contributed by atoms with E-state index in [1.165, 1.54) is 5.56 Å². The van der Waals surface area contributed by atoms with Crippen LogP contribution in [0.1, 0.15) is 24.2 Å². The average Bonchev–Trinajstić information content (AvgIpc) is 2.86. The third-order valence-corrected chi connectivity index (χ3v) is 3.72. The molecule has 0 aliphatic carbocycles. The zero-order chi connectivity index (χ0) is 15.7. The van der Waals surface area contributed by atoms with Crippen LogP contribution in [0.15, 0.2) is 48.7 Å². The second-order valence-electron chi connectivity index (χ2n) is 5.92. The van der Waals surface area contributed by atoms with E-state index in [1.807, 2.05) is 22.7 Å². The van der Waals surface area contributed by atoms with Crippen LogP contribution < -0.4 is 0 Å². The number of aliphatic hydroxyl groups excluding tert-OH is 1. The molecule has 2 aromatic heterocycles. The predicted molar refractivity (Wildman–Crippen MR) is 88.7 cm³/mol. The van der Waals surface area contributed by atoms with Gasteiger partial charge in [-0.3, -0.25) is 0 Å². The van der Waals surface area contributed by atoms with E-state index in [9.17, 15) is 5.11 Å². The highest BCUT2D eigenvalue weighted by molar-refractivity contribution is 5.71. The smallest absolute Gasteiger partial charge is 0.0783 e. The fourth-order valence-electron chi connectivity index (χ4n) is 2.82. The molecule has 1 N–H and O–H groups in total. The third kappa shape index (κ3) is 2.75. The maximum absolute atomic E-state index is 10.1. The molecule has 1 aromatic carbocycles. The Kier molecular flexibility index (Phi) is 3.96. The molecule has 3 aromatic rings. The van der Waals surface area contributed by atoms with Gasteiger partial charge in [-0.25, -0.2) is 4.52 Å². The summed E-state index contributed by atoms with van der Waals surface area (Å²) in [4.78, 5) is 2.14. The second-order valence-corrected chi connectivity index (χ2v) is 5.92. The lowest BCUT2D eigenvalue weighted by atomic mass is 10.0. The van der Waals surface area contributed by atoms with Gasteiger partial charge in [-0.15, -0.1) is 0 Å². The van der Waals surface area contributed by atoms with Crippen LogP contribution in [0.3, 0.4) is 0 Å². The van der Waals surface area contributed by atoms with Crippen molar-refractivity contribution in [1.29, 1.82) is 0 Å². The minimum Gasteiger partial charge on any atom is -0.389 e. The minimum absolute atomic E-state index is 0.533. The van der Waals surface area contributed by atoms with E-state index < -0.39 is 6.10 Å². The molecule has 4 nitrogen and oxygen atoms in total. The van der Waals surface area contributed by atoms with E-state index in [0.29, 0.717) is 0 Å². The summed E-state index contributed by atoms with van der Waals surface area (Å²) < 4.78 is 1.90. The number of aromatic nitrogens is 2. The summed E-state index contributed by atoms with van der Waals surface area (Å²) in [5.74, 6) is 0. The summed E-state index contributed by atoms with van der Waals surface area (Å²) in [5, 5.41) is 14.6. The van der Waals surface area contributed by atoms with Gasteiger partial charge in [-0.05, 0) is 50.8 Å². The number of aliphatic hydroxyl groups is 1. The highest BCUT2D eigenvalue weighted by Gasteiger charge is 2.16.